The summed E-state index contributed by atoms with van der Waals surface area (Å²) < 4.78 is 0. The Kier molecular flexibility index (Phi) is 4.38. The normalized spacial score (nSPS) is 15.2. The van der Waals surface area contributed by atoms with Crippen molar-refractivity contribution in [1.29, 1.82) is 0 Å². The quantitative estimate of drug-likeness (QED) is 0.535. The largest absolute Gasteiger partial charge is 0.288 e. The van der Waals surface area contributed by atoms with Gasteiger partial charge in [-0.25, -0.2) is 0 Å². The average Bonchev–Trinajstić information content (AvgIpc) is 2.57. The van der Waals surface area contributed by atoms with Gasteiger partial charge in [-0.2, -0.15) is 0 Å². The van der Waals surface area contributed by atoms with Gasteiger partial charge in [-0.05, 0) is 28.7 Å². The van der Waals surface area contributed by atoms with E-state index in [0.29, 0.717) is 5.57 Å². The number of ketones is 1. The standard InChI is InChI=1S/C23H22O/c1-23(2,3)21(18-12-8-5-9-13-18)15-14-19-16-20(22(19)24)17-10-6-4-7-11-17/h4-13,15-16,21H,1-3H3. The van der Waals surface area contributed by atoms with Crippen molar-refractivity contribution in [2.24, 2.45) is 5.41 Å². The van der Waals surface area contributed by atoms with E-state index in [1.165, 1.54) is 5.56 Å². The lowest BCUT2D eigenvalue weighted by molar-refractivity contribution is -0.110. The SMILES string of the molecule is CC(C)(C)C(C=C=C1C=C(c2ccccc2)C1=O)c1ccccc1. The Morgan fingerprint density at radius 2 is 1.50 bits per heavy atom. The molecule has 0 N–H and O–H groups in total. The van der Waals surface area contributed by atoms with Crippen LogP contribution in [-0.4, -0.2) is 5.78 Å². The monoisotopic (exact) mass is 314 g/mol. The van der Waals surface area contributed by atoms with Gasteiger partial charge < -0.3 is 0 Å². The molecule has 0 bridgehead atoms. The summed E-state index contributed by atoms with van der Waals surface area (Å²) in [5.41, 5.74) is 6.97. The number of hydrogen-bond acceptors (Lipinski definition) is 1. The van der Waals surface area contributed by atoms with Crippen molar-refractivity contribution in [2.75, 3.05) is 0 Å². The third-order valence-electron chi connectivity index (χ3n) is 4.36. The summed E-state index contributed by atoms with van der Waals surface area (Å²) in [6.07, 6.45) is 3.97. The first-order valence-electron chi connectivity index (χ1n) is 8.30. The molecule has 0 fully saturated rings. The zero-order valence-corrected chi connectivity index (χ0v) is 14.4. The molecule has 1 atom stereocenters. The fourth-order valence-corrected chi connectivity index (χ4v) is 2.96. The molecule has 3 rings (SSSR count). The van der Waals surface area contributed by atoms with Crippen LogP contribution in [-0.2, 0) is 4.79 Å². The zero-order chi connectivity index (χ0) is 17.2. The average molecular weight is 314 g/mol. The number of carbonyl (C=O) groups is 1. The number of hydrogen-bond donors (Lipinski definition) is 0. The lowest BCUT2D eigenvalue weighted by Crippen LogP contribution is -2.17. The fraction of sp³-hybridized carbons (Fsp3) is 0.217. The van der Waals surface area contributed by atoms with Crippen LogP contribution in [0.3, 0.4) is 0 Å². The third-order valence-corrected chi connectivity index (χ3v) is 4.36. The Bertz CT molecular complexity index is 827. The lowest BCUT2D eigenvalue weighted by Gasteiger charge is -2.28. The van der Waals surface area contributed by atoms with E-state index in [4.69, 9.17) is 0 Å². The Labute approximate surface area is 144 Å². The van der Waals surface area contributed by atoms with E-state index in [2.05, 4.69) is 50.8 Å². The molecule has 0 spiro atoms. The highest BCUT2D eigenvalue weighted by Crippen LogP contribution is 2.36. The number of carbonyl (C=O) groups excluding carboxylic acids is 1. The highest BCUT2D eigenvalue weighted by atomic mass is 16.1. The topological polar surface area (TPSA) is 17.1 Å². The molecular weight excluding hydrogens is 292 g/mol. The van der Waals surface area contributed by atoms with E-state index in [1.54, 1.807) is 0 Å². The lowest BCUT2D eigenvalue weighted by atomic mass is 9.76. The van der Waals surface area contributed by atoms with Crippen LogP contribution in [0.5, 0.6) is 0 Å². The highest BCUT2D eigenvalue weighted by Gasteiger charge is 2.26. The summed E-state index contributed by atoms with van der Waals surface area (Å²) in [5, 5.41) is 0. The first-order chi connectivity index (χ1) is 11.5. The molecule has 0 amide bonds. The molecule has 1 nitrogen and oxygen atoms in total. The van der Waals surface area contributed by atoms with E-state index in [-0.39, 0.29) is 17.1 Å². The molecule has 1 aliphatic rings. The van der Waals surface area contributed by atoms with E-state index in [9.17, 15) is 4.79 Å². The maximum absolute atomic E-state index is 12.4. The minimum Gasteiger partial charge on any atom is -0.288 e. The minimum atomic E-state index is 0.0632. The second kappa shape index (κ2) is 6.47. The molecule has 24 heavy (non-hydrogen) atoms. The van der Waals surface area contributed by atoms with Crippen LogP contribution in [0, 0.1) is 5.41 Å². The third kappa shape index (κ3) is 3.32. The predicted molar refractivity (Wildman–Crippen MR) is 99.7 cm³/mol. The number of allylic oxidation sites excluding steroid dienone is 3. The van der Waals surface area contributed by atoms with Crippen molar-refractivity contribution in [3.8, 4) is 0 Å². The molecule has 2 aromatic carbocycles. The van der Waals surface area contributed by atoms with Crippen molar-refractivity contribution < 1.29 is 4.79 Å². The summed E-state index contributed by atoms with van der Waals surface area (Å²) in [7, 11) is 0. The van der Waals surface area contributed by atoms with Gasteiger partial charge in [-0.15, -0.1) is 5.73 Å². The van der Waals surface area contributed by atoms with Crippen LogP contribution in [0.1, 0.15) is 37.8 Å². The smallest absolute Gasteiger partial charge is 0.201 e. The molecule has 1 heteroatoms. The Morgan fingerprint density at radius 1 is 0.917 bits per heavy atom. The van der Waals surface area contributed by atoms with E-state index >= 15 is 0 Å². The molecule has 0 saturated heterocycles. The zero-order valence-electron chi connectivity index (χ0n) is 14.4. The summed E-state index contributed by atoms with van der Waals surface area (Å²) in [5.74, 6) is 0.298. The molecule has 0 aliphatic heterocycles. The Hall–Kier alpha value is -2.63. The molecule has 0 heterocycles. The summed E-state index contributed by atoms with van der Waals surface area (Å²) >= 11 is 0. The predicted octanol–water partition coefficient (Wildman–Crippen LogP) is 5.56. The van der Waals surface area contributed by atoms with Gasteiger partial charge in [0.1, 0.15) is 0 Å². The minimum absolute atomic E-state index is 0.0632. The van der Waals surface area contributed by atoms with Gasteiger partial charge in [-0.3, -0.25) is 4.79 Å². The maximum atomic E-state index is 12.4. The van der Waals surface area contributed by atoms with Gasteiger partial charge in [0.05, 0.1) is 5.57 Å². The van der Waals surface area contributed by atoms with Gasteiger partial charge >= 0.3 is 0 Å². The van der Waals surface area contributed by atoms with Crippen LogP contribution in [0.25, 0.3) is 5.57 Å². The van der Waals surface area contributed by atoms with Crippen LogP contribution in [0.4, 0.5) is 0 Å². The maximum Gasteiger partial charge on any atom is 0.201 e. The number of Topliss-reactive ketones (excluding diaryl/α,β-unsaturated/α-hetero) is 1. The molecule has 1 aliphatic carbocycles. The molecule has 120 valence electrons. The van der Waals surface area contributed by atoms with Crippen molar-refractivity contribution in [3.05, 3.63) is 95.2 Å². The molecule has 1 unspecified atom stereocenters. The molecule has 2 aromatic rings. The van der Waals surface area contributed by atoms with Gasteiger partial charge in [0.15, 0.2) is 0 Å². The van der Waals surface area contributed by atoms with Gasteiger partial charge in [0.25, 0.3) is 0 Å². The van der Waals surface area contributed by atoms with Crippen molar-refractivity contribution in [1.82, 2.24) is 0 Å². The second-order valence-corrected chi connectivity index (χ2v) is 7.23. The number of rotatable bonds is 3. The van der Waals surface area contributed by atoms with Gasteiger partial charge in [-0.1, -0.05) is 81.4 Å². The molecule has 0 aromatic heterocycles. The summed E-state index contributed by atoms with van der Waals surface area (Å²) in [6, 6.07) is 20.2. The van der Waals surface area contributed by atoms with E-state index in [1.807, 2.05) is 48.6 Å². The molecular formula is C23H22O. The fourth-order valence-electron chi connectivity index (χ4n) is 2.96. The second-order valence-electron chi connectivity index (χ2n) is 7.23. The Balaban J connectivity index is 1.92. The highest BCUT2D eigenvalue weighted by molar-refractivity contribution is 6.37. The van der Waals surface area contributed by atoms with Crippen LogP contribution in [0.2, 0.25) is 0 Å². The van der Waals surface area contributed by atoms with Crippen LogP contribution >= 0.6 is 0 Å². The number of benzene rings is 2. The first-order valence-corrected chi connectivity index (χ1v) is 8.30. The van der Waals surface area contributed by atoms with E-state index in [0.717, 1.165) is 11.1 Å². The first kappa shape index (κ1) is 16.2. The molecule has 0 radical (unpaired) electrons. The summed E-state index contributed by atoms with van der Waals surface area (Å²) in [6.45, 7) is 6.63. The van der Waals surface area contributed by atoms with E-state index < -0.39 is 0 Å². The summed E-state index contributed by atoms with van der Waals surface area (Å²) in [4.78, 5) is 12.4. The van der Waals surface area contributed by atoms with Crippen molar-refractivity contribution in [3.63, 3.8) is 0 Å². The van der Waals surface area contributed by atoms with Crippen molar-refractivity contribution >= 4 is 11.4 Å². The van der Waals surface area contributed by atoms with Gasteiger partial charge in [0, 0.05) is 11.5 Å². The Morgan fingerprint density at radius 3 is 2.04 bits per heavy atom. The van der Waals surface area contributed by atoms with Gasteiger partial charge in [0.2, 0.25) is 5.78 Å². The van der Waals surface area contributed by atoms with Crippen molar-refractivity contribution in [2.45, 2.75) is 26.7 Å². The van der Waals surface area contributed by atoms with Crippen LogP contribution < -0.4 is 0 Å². The molecule has 0 saturated carbocycles. The van der Waals surface area contributed by atoms with Crippen LogP contribution in [0.15, 0.2) is 84.1 Å².